The first-order valence-electron chi connectivity index (χ1n) is 8.22. The maximum atomic E-state index is 13.8. The van der Waals surface area contributed by atoms with Crippen molar-refractivity contribution in [3.8, 4) is 11.1 Å². The topological polar surface area (TPSA) is 43.8 Å². The summed E-state index contributed by atoms with van der Waals surface area (Å²) < 4.78 is 27.0. The maximum Gasteiger partial charge on any atom is 0.411 e. The molecule has 0 spiro atoms. The number of likely N-dealkylation sites (N-methyl/N-ethyl adjacent to an activating group) is 1. The van der Waals surface area contributed by atoms with Crippen molar-refractivity contribution >= 4 is 11.8 Å². The summed E-state index contributed by atoms with van der Waals surface area (Å²) in [6, 6.07) is 9.73. The Morgan fingerprint density at radius 3 is 2.48 bits per heavy atom. The van der Waals surface area contributed by atoms with Crippen molar-refractivity contribution < 1.29 is 18.7 Å². The molecule has 1 heterocycles. The Labute approximate surface area is 145 Å². The van der Waals surface area contributed by atoms with Gasteiger partial charge in [-0.1, -0.05) is 12.1 Å². The normalized spacial score (nSPS) is 17.6. The summed E-state index contributed by atoms with van der Waals surface area (Å²) in [6.45, 7) is 1.25. The van der Waals surface area contributed by atoms with Crippen molar-refractivity contribution in [2.45, 2.75) is 18.9 Å². The fraction of sp³-hybridized carbons (Fsp3) is 0.316. The molecule has 0 unspecified atom stereocenters. The van der Waals surface area contributed by atoms with Gasteiger partial charge in [0.05, 0.1) is 5.69 Å². The van der Waals surface area contributed by atoms with Crippen LogP contribution in [0, 0.1) is 11.6 Å². The molecule has 0 saturated carbocycles. The minimum Gasteiger partial charge on any atom is -0.465 e. The Kier molecular flexibility index (Phi) is 4.99. The number of carbonyl (C=O) groups is 1. The van der Waals surface area contributed by atoms with Gasteiger partial charge in [0.1, 0.15) is 11.6 Å². The monoisotopic (exact) mass is 346 g/mol. The van der Waals surface area contributed by atoms with E-state index in [0.29, 0.717) is 23.4 Å². The molecule has 1 saturated heterocycles. The number of rotatable bonds is 4. The first-order valence-corrected chi connectivity index (χ1v) is 8.22. The van der Waals surface area contributed by atoms with Gasteiger partial charge >= 0.3 is 6.09 Å². The smallest absolute Gasteiger partial charge is 0.411 e. The van der Waals surface area contributed by atoms with Gasteiger partial charge in [0, 0.05) is 18.2 Å². The van der Waals surface area contributed by atoms with Crippen molar-refractivity contribution in [3.05, 3.63) is 54.1 Å². The third kappa shape index (κ3) is 3.79. The second kappa shape index (κ2) is 7.19. The predicted octanol–water partition coefficient (Wildman–Crippen LogP) is 4.21. The summed E-state index contributed by atoms with van der Waals surface area (Å²) in [5.41, 5.74) is 1.41. The molecule has 1 N–H and O–H groups in total. The van der Waals surface area contributed by atoms with E-state index in [2.05, 4.69) is 4.90 Å². The molecule has 2 aromatic rings. The van der Waals surface area contributed by atoms with Crippen LogP contribution in [0.3, 0.4) is 0 Å². The van der Waals surface area contributed by atoms with Crippen molar-refractivity contribution in [3.63, 3.8) is 0 Å². The van der Waals surface area contributed by atoms with Crippen molar-refractivity contribution in [2.24, 2.45) is 0 Å². The minimum atomic E-state index is -1.09. The van der Waals surface area contributed by atoms with E-state index in [0.717, 1.165) is 19.4 Å². The van der Waals surface area contributed by atoms with Crippen LogP contribution in [-0.2, 0) is 0 Å². The lowest BCUT2D eigenvalue weighted by molar-refractivity contribution is 0.198. The number of likely N-dealkylation sites (tertiary alicyclic amines) is 1. The Morgan fingerprint density at radius 2 is 1.88 bits per heavy atom. The molecule has 0 bridgehead atoms. The molecule has 132 valence electrons. The molecule has 1 aliphatic heterocycles. The predicted molar refractivity (Wildman–Crippen MR) is 92.8 cm³/mol. The SMILES string of the molecule is CN1CCC[C@H]1CN(C(=O)O)c1ccc(F)cc1-c1ccc(F)cc1. The number of halogens is 2. The van der Waals surface area contributed by atoms with E-state index in [1.54, 1.807) is 0 Å². The van der Waals surface area contributed by atoms with Crippen molar-refractivity contribution in [1.82, 2.24) is 4.90 Å². The number of hydrogen-bond acceptors (Lipinski definition) is 2. The molecule has 1 amide bonds. The summed E-state index contributed by atoms with van der Waals surface area (Å²) in [5, 5.41) is 9.71. The third-order valence-electron chi connectivity index (χ3n) is 4.70. The van der Waals surface area contributed by atoms with Gasteiger partial charge in [-0.15, -0.1) is 0 Å². The summed E-state index contributed by atoms with van der Waals surface area (Å²) in [5.74, 6) is -0.865. The number of hydrogen-bond donors (Lipinski definition) is 1. The van der Waals surface area contributed by atoms with E-state index in [-0.39, 0.29) is 6.04 Å². The summed E-state index contributed by atoms with van der Waals surface area (Å²) in [7, 11) is 1.98. The first-order chi connectivity index (χ1) is 12.0. The average molecular weight is 346 g/mol. The van der Waals surface area contributed by atoms with Crippen molar-refractivity contribution in [1.29, 1.82) is 0 Å². The zero-order valence-corrected chi connectivity index (χ0v) is 14.0. The fourth-order valence-corrected chi connectivity index (χ4v) is 3.30. The van der Waals surface area contributed by atoms with Gasteiger partial charge in [-0.05, 0) is 62.3 Å². The van der Waals surface area contributed by atoms with E-state index >= 15 is 0 Å². The Bertz CT molecular complexity index is 765. The number of nitrogens with zero attached hydrogens (tertiary/aromatic N) is 2. The van der Waals surface area contributed by atoms with E-state index in [1.165, 1.54) is 47.4 Å². The van der Waals surface area contributed by atoms with Gasteiger partial charge in [-0.2, -0.15) is 0 Å². The summed E-state index contributed by atoms with van der Waals surface area (Å²) >= 11 is 0. The highest BCUT2D eigenvalue weighted by atomic mass is 19.1. The average Bonchev–Trinajstić information content (AvgIpc) is 2.98. The molecule has 3 rings (SSSR count). The number of carboxylic acid groups (broad SMARTS) is 1. The van der Waals surface area contributed by atoms with Gasteiger partial charge in [0.2, 0.25) is 0 Å². The molecule has 1 fully saturated rings. The highest BCUT2D eigenvalue weighted by Gasteiger charge is 2.28. The highest BCUT2D eigenvalue weighted by Crippen LogP contribution is 2.33. The summed E-state index contributed by atoms with van der Waals surface area (Å²) in [6.07, 6.45) is 0.867. The number of amides is 1. The molecule has 25 heavy (non-hydrogen) atoms. The minimum absolute atomic E-state index is 0.127. The highest BCUT2D eigenvalue weighted by molar-refractivity contribution is 5.93. The van der Waals surface area contributed by atoms with Gasteiger partial charge in [0.15, 0.2) is 0 Å². The van der Waals surface area contributed by atoms with Gasteiger partial charge in [-0.3, -0.25) is 4.90 Å². The molecule has 4 nitrogen and oxygen atoms in total. The lowest BCUT2D eigenvalue weighted by atomic mass is 10.0. The van der Waals surface area contributed by atoms with Crippen LogP contribution in [0.2, 0.25) is 0 Å². The first kappa shape index (κ1) is 17.4. The van der Waals surface area contributed by atoms with Crippen LogP contribution < -0.4 is 4.90 Å². The quantitative estimate of drug-likeness (QED) is 0.902. The van der Waals surface area contributed by atoms with Crippen LogP contribution in [-0.4, -0.2) is 42.3 Å². The standard InChI is InChI=1S/C19H20F2N2O2/c1-22-10-2-3-16(22)12-23(19(24)25)18-9-8-15(21)11-17(18)13-4-6-14(20)7-5-13/h4-9,11,16H,2-3,10,12H2,1H3,(H,24,25)/t16-/m0/s1. The van der Waals surface area contributed by atoms with Crippen molar-refractivity contribution in [2.75, 3.05) is 25.0 Å². The molecule has 1 atom stereocenters. The van der Waals surface area contributed by atoms with E-state index in [1.807, 2.05) is 7.05 Å². The van der Waals surface area contributed by atoms with Gasteiger partial charge in [-0.25, -0.2) is 13.6 Å². The van der Waals surface area contributed by atoms with Crippen LogP contribution in [0.1, 0.15) is 12.8 Å². The van der Waals surface area contributed by atoms with Crippen LogP contribution >= 0.6 is 0 Å². The molecule has 0 radical (unpaired) electrons. The fourth-order valence-electron chi connectivity index (χ4n) is 3.30. The Balaban J connectivity index is 2.01. The van der Waals surface area contributed by atoms with E-state index < -0.39 is 17.7 Å². The molecule has 1 aliphatic rings. The number of anilines is 1. The lowest BCUT2D eigenvalue weighted by Crippen LogP contribution is -2.41. The molecular weight excluding hydrogens is 326 g/mol. The molecule has 6 heteroatoms. The zero-order valence-electron chi connectivity index (χ0n) is 14.0. The maximum absolute atomic E-state index is 13.8. The van der Waals surface area contributed by atoms with Crippen LogP contribution in [0.5, 0.6) is 0 Å². The van der Waals surface area contributed by atoms with Crippen LogP contribution in [0.25, 0.3) is 11.1 Å². The second-order valence-corrected chi connectivity index (χ2v) is 6.34. The molecule has 0 aromatic heterocycles. The molecule has 0 aliphatic carbocycles. The number of benzene rings is 2. The third-order valence-corrected chi connectivity index (χ3v) is 4.70. The van der Waals surface area contributed by atoms with E-state index in [4.69, 9.17) is 0 Å². The molecule has 2 aromatic carbocycles. The summed E-state index contributed by atoms with van der Waals surface area (Å²) in [4.78, 5) is 15.3. The van der Waals surface area contributed by atoms with Gasteiger partial charge in [0.25, 0.3) is 0 Å². The van der Waals surface area contributed by atoms with Crippen LogP contribution in [0.15, 0.2) is 42.5 Å². The largest absolute Gasteiger partial charge is 0.465 e. The Morgan fingerprint density at radius 1 is 1.20 bits per heavy atom. The van der Waals surface area contributed by atoms with Gasteiger partial charge < -0.3 is 10.0 Å². The van der Waals surface area contributed by atoms with Crippen LogP contribution in [0.4, 0.5) is 19.3 Å². The molecular formula is C19H20F2N2O2. The second-order valence-electron chi connectivity index (χ2n) is 6.34. The Hall–Kier alpha value is -2.47. The lowest BCUT2D eigenvalue weighted by Gasteiger charge is -2.28. The van der Waals surface area contributed by atoms with E-state index in [9.17, 15) is 18.7 Å². The zero-order chi connectivity index (χ0) is 18.0.